The van der Waals surface area contributed by atoms with Crippen molar-refractivity contribution >= 4 is 15.9 Å². The number of benzene rings is 1. The van der Waals surface area contributed by atoms with Crippen LogP contribution < -0.4 is 4.74 Å². The summed E-state index contributed by atoms with van der Waals surface area (Å²) in [6, 6.07) is 4.12. The Morgan fingerprint density at radius 1 is 1.50 bits per heavy atom. The van der Waals surface area contributed by atoms with Gasteiger partial charge in [0.15, 0.2) is 0 Å². The average Bonchev–Trinajstić information content (AvgIpc) is 2.77. The monoisotopic (exact) mass is 314 g/mol. The van der Waals surface area contributed by atoms with Crippen molar-refractivity contribution in [2.75, 3.05) is 20.3 Å². The van der Waals surface area contributed by atoms with E-state index in [0.29, 0.717) is 19.4 Å². The highest BCUT2D eigenvalue weighted by Gasteiger charge is 2.28. The minimum absolute atomic E-state index is 0.338. The van der Waals surface area contributed by atoms with Crippen molar-refractivity contribution in [3.8, 4) is 5.75 Å². The molecule has 18 heavy (non-hydrogen) atoms. The van der Waals surface area contributed by atoms with Crippen LogP contribution >= 0.6 is 15.9 Å². The molecule has 0 radical (unpaired) electrons. The predicted molar refractivity (Wildman–Crippen MR) is 74.2 cm³/mol. The Hall–Kier alpha value is -0.580. The van der Waals surface area contributed by atoms with Gasteiger partial charge in [0.25, 0.3) is 0 Å². The third kappa shape index (κ3) is 2.87. The lowest BCUT2D eigenvalue weighted by Crippen LogP contribution is -2.36. The SMILES string of the molecule is CCC(O)(COC)Cc1cc(Br)cc2c1OCC2. The zero-order valence-electron chi connectivity index (χ0n) is 10.8. The highest BCUT2D eigenvalue weighted by Crippen LogP contribution is 2.35. The topological polar surface area (TPSA) is 38.7 Å². The van der Waals surface area contributed by atoms with Crippen molar-refractivity contribution in [1.82, 2.24) is 0 Å². The van der Waals surface area contributed by atoms with Crippen molar-refractivity contribution < 1.29 is 14.6 Å². The third-order valence-corrected chi connectivity index (χ3v) is 3.87. The van der Waals surface area contributed by atoms with E-state index in [1.54, 1.807) is 7.11 Å². The Balaban J connectivity index is 2.28. The molecule has 1 heterocycles. The number of fused-ring (bicyclic) bond motifs is 1. The first-order valence-electron chi connectivity index (χ1n) is 6.23. The van der Waals surface area contributed by atoms with Gasteiger partial charge in [-0.05, 0) is 29.7 Å². The van der Waals surface area contributed by atoms with Crippen LogP contribution in [-0.2, 0) is 17.6 Å². The van der Waals surface area contributed by atoms with E-state index in [0.717, 1.165) is 28.8 Å². The van der Waals surface area contributed by atoms with E-state index in [4.69, 9.17) is 9.47 Å². The first-order chi connectivity index (χ1) is 8.58. The van der Waals surface area contributed by atoms with Gasteiger partial charge in [0, 0.05) is 24.4 Å². The van der Waals surface area contributed by atoms with Crippen molar-refractivity contribution in [2.24, 2.45) is 0 Å². The number of hydrogen-bond donors (Lipinski definition) is 1. The molecule has 1 atom stereocenters. The van der Waals surface area contributed by atoms with Crippen LogP contribution in [0.4, 0.5) is 0 Å². The molecule has 2 rings (SSSR count). The predicted octanol–water partition coefficient (Wildman–Crippen LogP) is 2.71. The van der Waals surface area contributed by atoms with Crippen LogP contribution in [0.1, 0.15) is 24.5 Å². The maximum Gasteiger partial charge on any atom is 0.125 e. The van der Waals surface area contributed by atoms with E-state index in [9.17, 15) is 5.11 Å². The van der Waals surface area contributed by atoms with E-state index >= 15 is 0 Å². The molecule has 0 aromatic heterocycles. The van der Waals surface area contributed by atoms with Gasteiger partial charge >= 0.3 is 0 Å². The van der Waals surface area contributed by atoms with E-state index in [2.05, 4.69) is 22.0 Å². The van der Waals surface area contributed by atoms with Gasteiger partial charge in [0.1, 0.15) is 5.75 Å². The zero-order chi connectivity index (χ0) is 13.2. The summed E-state index contributed by atoms with van der Waals surface area (Å²) in [5, 5.41) is 10.5. The first-order valence-corrected chi connectivity index (χ1v) is 7.02. The molecule has 0 aliphatic carbocycles. The fraction of sp³-hybridized carbons (Fsp3) is 0.571. The maximum absolute atomic E-state index is 10.5. The molecule has 1 aromatic rings. The van der Waals surface area contributed by atoms with E-state index < -0.39 is 5.60 Å². The van der Waals surface area contributed by atoms with Gasteiger partial charge in [-0.3, -0.25) is 0 Å². The second-order valence-electron chi connectivity index (χ2n) is 4.84. The summed E-state index contributed by atoms with van der Waals surface area (Å²) in [4.78, 5) is 0. The third-order valence-electron chi connectivity index (χ3n) is 3.42. The van der Waals surface area contributed by atoms with Crippen LogP contribution in [0.2, 0.25) is 0 Å². The largest absolute Gasteiger partial charge is 0.493 e. The Morgan fingerprint density at radius 3 is 2.94 bits per heavy atom. The molecule has 0 bridgehead atoms. The van der Waals surface area contributed by atoms with Gasteiger partial charge in [-0.2, -0.15) is 0 Å². The quantitative estimate of drug-likeness (QED) is 0.908. The average molecular weight is 315 g/mol. The second kappa shape index (κ2) is 5.59. The molecule has 100 valence electrons. The van der Waals surface area contributed by atoms with Crippen molar-refractivity contribution in [3.63, 3.8) is 0 Å². The van der Waals surface area contributed by atoms with Crippen LogP contribution in [0.15, 0.2) is 16.6 Å². The minimum Gasteiger partial charge on any atom is -0.493 e. The van der Waals surface area contributed by atoms with Gasteiger partial charge < -0.3 is 14.6 Å². The summed E-state index contributed by atoms with van der Waals surface area (Å²) in [6.07, 6.45) is 2.15. The number of hydrogen-bond acceptors (Lipinski definition) is 3. The highest BCUT2D eigenvalue weighted by molar-refractivity contribution is 9.10. The molecule has 1 N–H and O–H groups in total. The summed E-state index contributed by atoms with van der Waals surface area (Å²) in [7, 11) is 1.61. The molecule has 1 aliphatic rings. The standard InChI is InChI=1S/C14H19BrO3/c1-3-14(16,9-17-2)8-11-7-12(15)6-10-4-5-18-13(10)11/h6-7,16H,3-5,8-9H2,1-2H3. The van der Waals surface area contributed by atoms with Crippen LogP contribution in [0.3, 0.4) is 0 Å². The number of ether oxygens (including phenoxy) is 2. The molecule has 1 unspecified atom stereocenters. The summed E-state index contributed by atoms with van der Waals surface area (Å²) >= 11 is 3.52. The summed E-state index contributed by atoms with van der Waals surface area (Å²) in [6.45, 7) is 3.04. The maximum atomic E-state index is 10.5. The lowest BCUT2D eigenvalue weighted by molar-refractivity contribution is -0.0336. The van der Waals surface area contributed by atoms with Crippen LogP contribution in [0.5, 0.6) is 5.75 Å². The smallest absolute Gasteiger partial charge is 0.125 e. The fourth-order valence-corrected chi connectivity index (χ4v) is 2.93. The van der Waals surface area contributed by atoms with Gasteiger partial charge in [-0.1, -0.05) is 22.9 Å². The Labute approximate surface area is 116 Å². The van der Waals surface area contributed by atoms with Crippen LogP contribution in [0, 0.1) is 0 Å². The lowest BCUT2D eigenvalue weighted by atomic mass is 9.91. The van der Waals surface area contributed by atoms with Crippen LogP contribution in [-0.4, -0.2) is 31.0 Å². The Kier molecular flexibility index (Phi) is 4.30. The van der Waals surface area contributed by atoms with E-state index in [1.807, 2.05) is 13.0 Å². The van der Waals surface area contributed by atoms with E-state index in [1.165, 1.54) is 5.56 Å². The van der Waals surface area contributed by atoms with Crippen molar-refractivity contribution in [2.45, 2.75) is 31.8 Å². The minimum atomic E-state index is -0.824. The fourth-order valence-electron chi connectivity index (χ4n) is 2.38. The summed E-state index contributed by atoms with van der Waals surface area (Å²) in [5.41, 5.74) is 1.45. The summed E-state index contributed by atoms with van der Waals surface area (Å²) < 4.78 is 11.8. The van der Waals surface area contributed by atoms with Gasteiger partial charge in [0.05, 0.1) is 18.8 Å². The Morgan fingerprint density at radius 2 is 2.28 bits per heavy atom. The highest BCUT2D eigenvalue weighted by atomic mass is 79.9. The normalized spacial score (nSPS) is 17.1. The molecule has 0 saturated heterocycles. The number of methoxy groups -OCH3 is 1. The second-order valence-corrected chi connectivity index (χ2v) is 5.75. The van der Waals surface area contributed by atoms with Gasteiger partial charge in [0.2, 0.25) is 0 Å². The molecule has 0 spiro atoms. The van der Waals surface area contributed by atoms with Crippen molar-refractivity contribution in [1.29, 1.82) is 0 Å². The molecule has 0 saturated carbocycles. The van der Waals surface area contributed by atoms with Crippen molar-refractivity contribution in [3.05, 3.63) is 27.7 Å². The summed E-state index contributed by atoms with van der Waals surface area (Å²) in [5.74, 6) is 0.946. The molecular formula is C14H19BrO3. The first kappa shape index (κ1) is 13.8. The molecule has 3 nitrogen and oxygen atoms in total. The van der Waals surface area contributed by atoms with Gasteiger partial charge in [-0.25, -0.2) is 0 Å². The number of rotatable bonds is 5. The molecule has 0 amide bonds. The zero-order valence-corrected chi connectivity index (χ0v) is 12.4. The number of aliphatic hydroxyl groups is 1. The molecule has 1 aliphatic heterocycles. The molecule has 1 aromatic carbocycles. The molecule has 0 fully saturated rings. The van der Waals surface area contributed by atoms with E-state index in [-0.39, 0.29) is 0 Å². The molecular weight excluding hydrogens is 296 g/mol. The number of halogens is 1. The van der Waals surface area contributed by atoms with Gasteiger partial charge in [-0.15, -0.1) is 0 Å². The molecule has 4 heteroatoms. The van der Waals surface area contributed by atoms with Crippen LogP contribution in [0.25, 0.3) is 0 Å². The lowest BCUT2D eigenvalue weighted by Gasteiger charge is -2.26. The Bertz CT molecular complexity index is 433.